The second-order valence-electron chi connectivity index (χ2n) is 5.72. The van der Waals surface area contributed by atoms with Crippen LogP contribution in [-0.2, 0) is 4.84 Å². The summed E-state index contributed by atoms with van der Waals surface area (Å²) in [4.78, 5) is 9.99. The Morgan fingerprint density at radius 1 is 1.08 bits per heavy atom. The molecule has 2 heterocycles. The molecule has 3 aromatic rings. The van der Waals surface area contributed by atoms with Gasteiger partial charge in [-0.25, -0.2) is 0 Å². The van der Waals surface area contributed by atoms with Crippen molar-refractivity contribution in [1.82, 2.24) is 4.98 Å². The third-order valence-electron chi connectivity index (χ3n) is 4.00. The van der Waals surface area contributed by atoms with Crippen molar-refractivity contribution < 1.29 is 9.57 Å². The Kier molecular flexibility index (Phi) is 4.72. The van der Waals surface area contributed by atoms with E-state index >= 15 is 0 Å². The number of oxime groups is 1. The van der Waals surface area contributed by atoms with Gasteiger partial charge in [0.15, 0.2) is 11.9 Å². The normalized spacial score (nSPS) is 16.6. The first kappa shape index (κ1) is 16.5. The number of rotatable bonds is 4. The van der Waals surface area contributed by atoms with E-state index in [4.69, 9.17) is 9.57 Å². The average Bonchev–Trinajstić information content (AvgIpc) is 3.11. The van der Waals surface area contributed by atoms with Crippen LogP contribution >= 0.6 is 31.9 Å². The first-order valence-corrected chi connectivity index (χ1v) is 9.44. The highest BCUT2D eigenvalue weighted by atomic mass is 79.9. The minimum Gasteiger partial charge on any atom is -0.486 e. The van der Waals surface area contributed by atoms with Crippen LogP contribution in [0.1, 0.15) is 12.0 Å². The molecule has 0 fully saturated rings. The standard InChI is InChI=1S/C19H14Br2N2O2/c20-15-10-16(21)19(18-14(15)7-4-8-22-18)24-11-13-9-17(23-25-13)12-5-2-1-3-6-12/h1-8,10,13H,9,11H2. The van der Waals surface area contributed by atoms with Crippen molar-refractivity contribution in [3.63, 3.8) is 0 Å². The van der Waals surface area contributed by atoms with Crippen LogP contribution in [0.15, 0.2) is 68.8 Å². The van der Waals surface area contributed by atoms with Crippen LogP contribution < -0.4 is 4.74 Å². The van der Waals surface area contributed by atoms with Crippen LogP contribution in [-0.4, -0.2) is 23.4 Å². The van der Waals surface area contributed by atoms with Crippen molar-refractivity contribution in [2.24, 2.45) is 5.16 Å². The van der Waals surface area contributed by atoms with Crippen LogP contribution in [0, 0.1) is 0 Å². The first-order chi connectivity index (χ1) is 12.2. The molecule has 1 aliphatic rings. The number of ether oxygens (including phenoxy) is 1. The topological polar surface area (TPSA) is 43.7 Å². The number of fused-ring (bicyclic) bond motifs is 1. The highest BCUT2D eigenvalue weighted by molar-refractivity contribution is 9.11. The minimum atomic E-state index is -0.107. The van der Waals surface area contributed by atoms with Gasteiger partial charge in [-0.1, -0.05) is 57.5 Å². The van der Waals surface area contributed by atoms with Crippen molar-refractivity contribution in [3.05, 3.63) is 69.2 Å². The molecule has 2 aromatic carbocycles. The Hall–Kier alpha value is -1.92. The summed E-state index contributed by atoms with van der Waals surface area (Å²) in [5.41, 5.74) is 2.85. The monoisotopic (exact) mass is 460 g/mol. The smallest absolute Gasteiger partial charge is 0.167 e. The van der Waals surface area contributed by atoms with Gasteiger partial charge in [-0.05, 0) is 33.6 Å². The van der Waals surface area contributed by atoms with Gasteiger partial charge < -0.3 is 9.57 Å². The molecule has 4 rings (SSSR count). The van der Waals surface area contributed by atoms with E-state index in [0.29, 0.717) is 6.61 Å². The predicted molar refractivity (Wildman–Crippen MR) is 105 cm³/mol. The van der Waals surface area contributed by atoms with Crippen LogP contribution in [0.25, 0.3) is 10.9 Å². The molecular weight excluding hydrogens is 448 g/mol. The maximum absolute atomic E-state index is 6.04. The molecule has 1 aromatic heterocycles. The SMILES string of the molecule is Brc1cc(Br)c2cccnc2c1OCC1CC(c2ccccc2)=NO1. The molecular formula is C19H14Br2N2O2. The molecule has 0 spiro atoms. The van der Waals surface area contributed by atoms with E-state index in [-0.39, 0.29) is 6.10 Å². The third kappa shape index (κ3) is 3.41. The number of nitrogens with zero attached hydrogens (tertiary/aromatic N) is 2. The summed E-state index contributed by atoms with van der Waals surface area (Å²) in [5.74, 6) is 0.718. The molecule has 0 aliphatic carbocycles. The van der Waals surface area contributed by atoms with E-state index in [1.165, 1.54) is 0 Å². The zero-order valence-electron chi connectivity index (χ0n) is 13.2. The molecule has 4 nitrogen and oxygen atoms in total. The number of pyridine rings is 1. The fraction of sp³-hybridized carbons (Fsp3) is 0.158. The Labute approximate surface area is 162 Å². The Balaban J connectivity index is 1.49. The number of hydrogen-bond donors (Lipinski definition) is 0. The molecule has 25 heavy (non-hydrogen) atoms. The van der Waals surface area contributed by atoms with E-state index in [1.54, 1.807) is 6.20 Å². The molecule has 1 aliphatic heterocycles. The van der Waals surface area contributed by atoms with Crippen LogP contribution in [0.3, 0.4) is 0 Å². The van der Waals surface area contributed by atoms with Gasteiger partial charge in [0.05, 0.1) is 10.2 Å². The number of benzene rings is 2. The third-order valence-corrected chi connectivity index (χ3v) is 5.25. The number of hydrogen-bond acceptors (Lipinski definition) is 4. The minimum absolute atomic E-state index is 0.107. The zero-order valence-corrected chi connectivity index (χ0v) is 16.3. The molecule has 0 saturated carbocycles. The van der Waals surface area contributed by atoms with Crippen molar-refractivity contribution in [1.29, 1.82) is 0 Å². The Morgan fingerprint density at radius 2 is 1.92 bits per heavy atom. The summed E-state index contributed by atoms with van der Waals surface area (Å²) in [7, 11) is 0. The van der Waals surface area contributed by atoms with E-state index in [1.807, 2.05) is 48.5 Å². The first-order valence-electron chi connectivity index (χ1n) is 7.86. The van der Waals surface area contributed by atoms with Crippen LogP contribution in [0.5, 0.6) is 5.75 Å². The molecule has 1 atom stereocenters. The molecule has 0 radical (unpaired) electrons. The molecule has 0 amide bonds. The molecule has 0 N–H and O–H groups in total. The number of halogens is 2. The lowest BCUT2D eigenvalue weighted by Crippen LogP contribution is -2.18. The molecule has 0 bridgehead atoms. The Morgan fingerprint density at radius 3 is 2.76 bits per heavy atom. The van der Waals surface area contributed by atoms with E-state index < -0.39 is 0 Å². The van der Waals surface area contributed by atoms with Gasteiger partial charge in [0.1, 0.15) is 12.1 Å². The lowest BCUT2D eigenvalue weighted by molar-refractivity contribution is 0.0473. The Bertz CT molecular complexity index is 945. The maximum Gasteiger partial charge on any atom is 0.167 e. The lowest BCUT2D eigenvalue weighted by atomic mass is 10.1. The van der Waals surface area contributed by atoms with Crippen molar-refractivity contribution in [2.45, 2.75) is 12.5 Å². The summed E-state index contributed by atoms with van der Waals surface area (Å²) in [5, 5.41) is 5.21. The average molecular weight is 462 g/mol. The van der Waals surface area contributed by atoms with Gasteiger partial charge in [0, 0.05) is 22.5 Å². The molecule has 0 saturated heterocycles. The summed E-state index contributed by atoms with van der Waals surface area (Å²) in [6, 6.07) is 15.9. The number of aromatic nitrogens is 1. The maximum atomic E-state index is 6.04. The largest absolute Gasteiger partial charge is 0.486 e. The van der Waals surface area contributed by atoms with E-state index in [9.17, 15) is 0 Å². The predicted octanol–water partition coefficient (Wildman–Crippen LogP) is 5.33. The van der Waals surface area contributed by atoms with Gasteiger partial charge in [-0.2, -0.15) is 0 Å². The van der Waals surface area contributed by atoms with Crippen molar-refractivity contribution >= 4 is 48.5 Å². The van der Waals surface area contributed by atoms with E-state index in [0.717, 1.165) is 43.3 Å². The summed E-state index contributed by atoms with van der Waals surface area (Å²) >= 11 is 7.13. The lowest BCUT2D eigenvalue weighted by Gasteiger charge is -2.14. The van der Waals surface area contributed by atoms with Crippen LogP contribution in [0.2, 0.25) is 0 Å². The van der Waals surface area contributed by atoms with Gasteiger partial charge in [0.2, 0.25) is 0 Å². The summed E-state index contributed by atoms with van der Waals surface area (Å²) < 4.78 is 7.87. The van der Waals surface area contributed by atoms with Gasteiger partial charge in [-0.15, -0.1) is 0 Å². The summed E-state index contributed by atoms with van der Waals surface area (Å²) in [6.45, 7) is 0.408. The quantitative estimate of drug-likeness (QED) is 0.527. The van der Waals surface area contributed by atoms with E-state index in [2.05, 4.69) is 42.0 Å². The van der Waals surface area contributed by atoms with Gasteiger partial charge in [-0.3, -0.25) is 4.98 Å². The second-order valence-corrected chi connectivity index (χ2v) is 7.42. The molecule has 1 unspecified atom stereocenters. The van der Waals surface area contributed by atoms with Crippen LogP contribution in [0.4, 0.5) is 0 Å². The van der Waals surface area contributed by atoms with Crippen molar-refractivity contribution in [3.8, 4) is 5.75 Å². The highest BCUT2D eigenvalue weighted by Gasteiger charge is 2.23. The molecule has 126 valence electrons. The van der Waals surface area contributed by atoms with Gasteiger partial charge >= 0.3 is 0 Å². The fourth-order valence-electron chi connectivity index (χ4n) is 2.78. The van der Waals surface area contributed by atoms with Gasteiger partial charge in [0.25, 0.3) is 0 Å². The highest BCUT2D eigenvalue weighted by Crippen LogP contribution is 2.37. The molecule has 6 heteroatoms. The fourth-order valence-corrected chi connectivity index (χ4v) is 4.17. The zero-order chi connectivity index (χ0) is 17.2. The van der Waals surface area contributed by atoms with Crippen molar-refractivity contribution in [2.75, 3.05) is 6.61 Å². The second kappa shape index (κ2) is 7.14. The summed E-state index contributed by atoms with van der Waals surface area (Å²) in [6.07, 6.45) is 2.38.